The molecular formula is C10H16OSi. The lowest BCUT2D eigenvalue weighted by Gasteiger charge is -2.05. The Labute approximate surface area is 76.0 Å². The van der Waals surface area contributed by atoms with E-state index >= 15 is 0 Å². The van der Waals surface area contributed by atoms with Crippen LogP contribution in [-0.2, 0) is 0 Å². The number of hydrogen-bond donors (Lipinski definition) is 0. The molecule has 0 aliphatic rings. The van der Waals surface area contributed by atoms with Gasteiger partial charge in [0.1, 0.15) is 5.75 Å². The summed E-state index contributed by atoms with van der Waals surface area (Å²) in [6.45, 7) is 7.41. The molecule has 0 unspecified atom stereocenters. The molecule has 0 spiro atoms. The van der Waals surface area contributed by atoms with Crippen LogP contribution in [0.1, 0.15) is 6.92 Å². The van der Waals surface area contributed by atoms with E-state index in [0.29, 0.717) is 0 Å². The molecule has 1 aromatic rings. The van der Waals surface area contributed by atoms with Crippen molar-refractivity contribution in [2.24, 2.45) is 0 Å². The molecule has 0 saturated carbocycles. The van der Waals surface area contributed by atoms with E-state index in [9.17, 15) is 0 Å². The summed E-state index contributed by atoms with van der Waals surface area (Å²) in [5, 5.41) is 1.50. The van der Waals surface area contributed by atoms with Crippen molar-refractivity contribution in [3.63, 3.8) is 0 Å². The maximum Gasteiger partial charge on any atom is 0.119 e. The maximum absolute atomic E-state index is 5.36. The number of hydrogen-bond acceptors (Lipinski definition) is 1. The third kappa shape index (κ3) is 2.38. The van der Waals surface area contributed by atoms with Gasteiger partial charge in [-0.05, 0) is 19.1 Å². The summed E-state index contributed by atoms with van der Waals surface area (Å²) in [5.41, 5.74) is 0. The highest BCUT2D eigenvalue weighted by Gasteiger charge is 1.99. The molecule has 0 saturated heterocycles. The van der Waals surface area contributed by atoms with Crippen molar-refractivity contribution in [2.75, 3.05) is 6.61 Å². The molecule has 0 aromatic heterocycles. The van der Waals surface area contributed by atoms with E-state index in [0.717, 1.165) is 12.4 Å². The van der Waals surface area contributed by atoms with Crippen LogP contribution in [0.3, 0.4) is 0 Å². The van der Waals surface area contributed by atoms with E-state index in [2.05, 4.69) is 37.4 Å². The molecule has 2 heteroatoms. The minimum atomic E-state index is -0.625. The Morgan fingerprint density at radius 2 is 1.75 bits per heavy atom. The van der Waals surface area contributed by atoms with Crippen molar-refractivity contribution in [1.29, 1.82) is 0 Å². The molecular weight excluding hydrogens is 164 g/mol. The van der Waals surface area contributed by atoms with E-state index in [1.807, 2.05) is 6.92 Å². The zero-order valence-electron chi connectivity index (χ0n) is 8.00. The molecule has 0 fully saturated rings. The van der Waals surface area contributed by atoms with E-state index in [4.69, 9.17) is 4.74 Å². The van der Waals surface area contributed by atoms with Crippen LogP contribution in [0.2, 0.25) is 13.1 Å². The summed E-state index contributed by atoms with van der Waals surface area (Å²) >= 11 is 0. The first kappa shape index (κ1) is 9.33. The van der Waals surface area contributed by atoms with Crippen molar-refractivity contribution in [2.45, 2.75) is 20.0 Å². The first-order chi connectivity index (χ1) is 5.74. The third-order valence-corrected chi connectivity index (χ3v) is 3.58. The first-order valence-electron chi connectivity index (χ1n) is 4.46. The Balaban J connectivity index is 2.71. The molecule has 0 heterocycles. The number of ether oxygens (including phenoxy) is 1. The van der Waals surface area contributed by atoms with Crippen LogP contribution in [0, 0.1) is 0 Å². The molecule has 12 heavy (non-hydrogen) atoms. The van der Waals surface area contributed by atoms with Gasteiger partial charge in [0.05, 0.1) is 15.4 Å². The summed E-state index contributed by atoms with van der Waals surface area (Å²) in [7, 11) is -0.625. The number of benzene rings is 1. The molecule has 0 atom stereocenters. The second kappa shape index (κ2) is 4.31. The summed E-state index contributed by atoms with van der Waals surface area (Å²) in [4.78, 5) is 0. The van der Waals surface area contributed by atoms with Crippen LogP contribution in [0.5, 0.6) is 5.75 Å². The Kier molecular flexibility index (Phi) is 3.35. The minimum absolute atomic E-state index is 0.625. The summed E-state index contributed by atoms with van der Waals surface area (Å²) < 4.78 is 5.36. The normalized spacial score (nSPS) is 10.3. The molecule has 1 rings (SSSR count). The average Bonchev–Trinajstić information content (AvgIpc) is 2.06. The van der Waals surface area contributed by atoms with Crippen molar-refractivity contribution in [3.8, 4) is 5.75 Å². The number of rotatable bonds is 3. The van der Waals surface area contributed by atoms with Crippen molar-refractivity contribution < 1.29 is 4.74 Å². The molecule has 1 nitrogen and oxygen atoms in total. The van der Waals surface area contributed by atoms with Crippen LogP contribution in [0.15, 0.2) is 24.3 Å². The SMILES string of the molecule is CCOc1ccc([SiH](C)C)cc1. The highest BCUT2D eigenvalue weighted by atomic mass is 28.3. The van der Waals surface area contributed by atoms with Crippen LogP contribution in [-0.4, -0.2) is 15.4 Å². The predicted octanol–water partition coefficient (Wildman–Crippen LogP) is 1.78. The molecule has 0 N–H and O–H groups in total. The molecule has 0 amide bonds. The lowest BCUT2D eigenvalue weighted by Crippen LogP contribution is -2.21. The molecule has 0 aliphatic carbocycles. The van der Waals surface area contributed by atoms with Gasteiger partial charge in [-0.3, -0.25) is 0 Å². The van der Waals surface area contributed by atoms with Crippen molar-refractivity contribution in [1.82, 2.24) is 0 Å². The van der Waals surface area contributed by atoms with Crippen LogP contribution in [0.25, 0.3) is 0 Å². The second-order valence-corrected chi connectivity index (χ2v) is 6.13. The highest BCUT2D eigenvalue weighted by Crippen LogP contribution is 2.07. The van der Waals surface area contributed by atoms with E-state index in [1.54, 1.807) is 0 Å². The van der Waals surface area contributed by atoms with E-state index in [1.165, 1.54) is 5.19 Å². The Hall–Kier alpha value is -0.763. The molecule has 0 bridgehead atoms. The largest absolute Gasteiger partial charge is 0.494 e. The fourth-order valence-electron chi connectivity index (χ4n) is 1.12. The zero-order valence-corrected chi connectivity index (χ0v) is 9.16. The van der Waals surface area contributed by atoms with Crippen LogP contribution in [0.4, 0.5) is 0 Å². The average molecular weight is 180 g/mol. The van der Waals surface area contributed by atoms with Gasteiger partial charge in [-0.2, -0.15) is 0 Å². The van der Waals surface area contributed by atoms with Gasteiger partial charge in [-0.25, -0.2) is 0 Å². The molecule has 66 valence electrons. The van der Waals surface area contributed by atoms with Gasteiger partial charge in [-0.1, -0.05) is 30.4 Å². The smallest absolute Gasteiger partial charge is 0.119 e. The minimum Gasteiger partial charge on any atom is -0.494 e. The second-order valence-electron chi connectivity index (χ2n) is 3.16. The van der Waals surface area contributed by atoms with Crippen molar-refractivity contribution in [3.05, 3.63) is 24.3 Å². The van der Waals surface area contributed by atoms with Crippen LogP contribution < -0.4 is 9.92 Å². The summed E-state index contributed by atoms with van der Waals surface area (Å²) in [6.07, 6.45) is 0. The maximum atomic E-state index is 5.36. The Morgan fingerprint density at radius 3 is 2.17 bits per heavy atom. The summed E-state index contributed by atoms with van der Waals surface area (Å²) in [5.74, 6) is 0.982. The molecule has 1 aromatic carbocycles. The third-order valence-electron chi connectivity index (χ3n) is 1.86. The highest BCUT2D eigenvalue weighted by molar-refractivity contribution is 6.70. The van der Waals surface area contributed by atoms with Gasteiger partial charge < -0.3 is 4.74 Å². The van der Waals surface area contributed by atoms with E-state index in [-0.39, 0.29) is 0 Å². The van der Waals surface area contributed by atoms with E-state index < -0.39 is 8.80 Å². The standard InChI is InChI=1S/C10H16OSi/c1-4-11-9-5-7-10(8-6-9)12(2)3/h5-8,12H,4H2,1-3H3. The van der Waals surface area contributed by atoms with Crippen molar-refractivity contribution >= 4 is 14.0 Å². The van der Waals surface area contributed by atoms with Gasteiger partial charge in [0, 0.05) is 0 Å². The molecule has 0 aliphatic heterocycles. The summed E-state index contributed by atoms with van der Waals surface area (Å²) in [6, 6.07) is 8.49. The van der Waals surface area contributed by atoms with Crippen LogP contribution >= 0.6 is 0 Å². The fraction of sp³-hybridized carbons (Fsp3) is 0.400. The molecule has 0 radical (unpaired) electrons. The Bertz CT molecular complexity index is 228. The van der Waals surface area contributed by atoms with Gasteiger partial charge >= 0.3 is 0 Å². The lowest BCUT2D eigenvalue weighted by molar-refractivity contribution is 0.340. The zero-order chi connectivity index (χ0) is 8.97. The quantitative estimate of drug-likeness (QED) is 0.644. The topological polar surface area (TPSA) is 9.23 Å². The Morgan fingerprint density at radius 1 is 1.17 bits per heavy atom. The fourth-order valence-corrected chi connectivity index (χ4v) is 2.08. The first-order valence-corrected chi connectivity index (χ1v) is 7.35. The lowest BCUT2D eigenvalue weighted by atomic mass is 10.3. The monoisotopic (exact) mass is 180 g/mol. The van der Waals surface area contributed by atoms with Gasteiger partial charge in [0.2, 0.25) is 0 Å². The predicted molar refractivity (Wildman–Crippen MR) is 56.1 cm³/mol. The van der Waals surface area contributed by atoms with Gasteiger partial charge in [-0.15, -0.1) is 0 Å². The van der Waals surface area contributed by atoms with Gasteiger partial charge in [0.15, 0.2) is 0 Å². The van der Waals surface area contributed by atoms with Gasteiger partial charge in [0.25, 0.3) is 0 Å².